The van der Waals surface area contributed by atoms with Crippen LogP contribution < -0.4 is 0 Å². The molecule has 7 nitrogen and oxygen atoms in total. The monoisotopic (exact) mass is 390 g/mol. The molecule has 2 aliphatic heterocycles. The zero-order chi connectivity index (χ0) is 20.1. The van der Waals surface area contributed by atoms with E-state index in [9.17, 15) is 9.59 Å². The number of carbonyl (C=O) groups is 2. The van der Waals surface area contributed by atoms with Crippen molar-refractivity contribution in [3.8, 4) is 0 Å². The molecule has 2 amide bonds. The minimum atomic E-state index is -0.0957. The van der Waals surface area contributed by atoms with Crippen LogP contribution in [0.4, 0.5) is 0 Å². The molecule has 2 atom stereocenters. The first-order valence-corrected chi connectivity index (χ1v) is 9.77. The Balaban J connectivity index is 1.48. The SMILES string of the molecule is Cc1cc(C(=O)N2C[C@@H]3[C@H](C2)n2cccc2C(=O)N3Cc2ccccn2)c(C)o1. The number of amides is 2. The summed E-state index contributed by atoms with van der Waals surface area (Å²) in [6.07, 6.45) is 3.67. The lowest BCUT2D eigenvalue weighted by molar-refractivity contribution is 0.0547. The van der Waals surface area contributed by atoms with Gasteiger partial charge in [-0.15, -0.1) is 0 Å². The van der Waals surface area contributed by atoms with E-state index in [1.54, 1.807) is 12.3 Å². The number of rotatable bonds is 3. The average molecular weight is 390 g/mol. The van der Waals surface area contributed by atoms with Crippen LogP contribution in [-0.4, -0.2) is 50.3 Å². The molecule has 0 bridgehead atoms. The van der Waals surface area contributed by atoms with E-state index >= 15 is 0 Å². The topological polar surface area (TPSA) is 71.6 Å². The molecule has 0 saturated carbocycles. The molecule has 3 aromatic rings. The number of aryl methyl sites for hydroxylation is 2. The van der Waals surface area contributed by atoms with Gasteiger partial charge in [0.25, 0.3) is 11.8 Å². The first-order chi connectivity index (χ1) is 14.0. The summed E-state index contributed by atoms with van der Waals surface area (Å²) in [6, 6.07) is 11.2. The van der Waals surface area contributed by atoms with Gasteiger partial charge in [-0.05, 0) is 44.2 Å². The Morgan fingerprint density at radius 2 is 2.00 bits per heavy atom. The van der Waals surface area contributed by atoms with Gasteiger partial charge in [-0.2, -0.15) is 0 Å². The average Bonchev–Trinajstić information content (AvgIpc) is 3.43. The summed E-state index contributed by atoms with van der Waals surface area (Å²) >= 11 is 0. The summed E-state index contributed by atoms with van der Waals surface area (Å²) in [5, 5.41) is 0. The summed E-state index contributed by atoms with van der Waals surface area (Å²) in [5.74, 6) is 1.28. The molecule has 148 valence electrons. The Hall–Kier alpha value is -3.35. The van der Waals surface area contributed by atoms with Crippen LogP contribution in [0.1, 0.15) is 44.1 Å². The van der Waals surface area contributed by atoms with Crippen LogP contribution in [0, 0.1) is 13.8 Å². The van der Waals surface area contributed by atoms with Gasteiger partial charge in [0, 0.05) is 25.5 Å². The molecule has 29 heavy (non-hydrogen) atoms. The second-order valence-electron chi connectivity index (χ2n) is 7.73. The normalized spacial score (nSPS) is 20.7. The van der Waals surface area contributed by atoms with Gasteiger partial charge in [0.15, 0.2) is 0 Å². The predicted molar refractivity (Wildman–Crippen MR) is 105 cm³/mol. The van der Waals surface area contributed by atoms with Gasteiger partial charge in [-0.3, -0.25) is 14.6 Å². The molecule has 0 N–H and O–H groups in total. The quantitative estimate of drug-likeness (QED) is 0.689. The molecule has 0 unspecified atom stereocenters. The lowest BCUT2D eigenvalue weighted by Gasteiger charge is -2.37. The first kappa shape index (κ1) is 17.7. The number of fused-ring (bicyclic) bond motifs is 3. The van der Waals surface area contributed by atoms with Crippen molar-refractivity contribution < 1.29 is 14.0 Å². The highest BCUT2D eigenvalue weighted by atomic mass is 16.3. The largest absolute Gasteiger partial charge is 0.466 e. The van der Waals surface area contributed by atoms with E-state index in [0.29, 0.717) is 36.7 Å². The van der Waals surface area contributed by atoms with Gasteiger partial charge < -0.3 is 18.8 Å². The number of furan rings is 1. The maximum atomic E-state index is 13.2. The number of likely N-dealkylation sites (tertiary alicyclic amines) is 1. The first-order valence-electron chi connectivity index (χ1n) is 9.77. The maximum absolute atomic E-state index is 13.2. The maximum Gasteiger partial charge on any atom is 0.271 e. The molecule has 0 radical (unpaired) electrons. The number of aromatic nitrogens is 2. The molecule has 1 fully saturated rings. The third kappa shape index (κ3) is 2.85. The molecule has 0 aromatic carbocycles. The minimum Gasteiger partial charge on any atom is -0.466 e. The highest BCUT2D eigenvalue weighted by molar-refractivity contribution is 5.96. The van der Waals surface area contributed by atoms with E-state index in [1.807, 2.05) is 64.7 Å². The van der Waals surface area contributed by atoms with Crippen LogP contribution in [0.3, 0.4) is 0 Å². The number of carbonyl (C=O) groups excluding carboxylic acids is 2. The molecular formula is C22H22N4O3. The Kier molecular flexibility index (Phi) is 4.04. The summed E-state index contributed by atoms with van der Waals surface area (Å²) in [4.78, 5) is 34.4. The third-order valence-electron chi connectivity index (χ3n) is 5.89. The van der Waals surface area contributed by atoms with Crippen molar-refractivity contribution in [1.82, 2.24) is 19.4 Å². The van der Waals surface area contributed by atoms with E-state index in [0.717, 1.165) is 11.5 Å². The lowest BCUT2D eigenvalue weighted by Crippen LogP contribution is -2.50. The van der Waals surface area contributed by atoms with Crippen LogP contribution >= 0.6 is 0 Å². The van der Waals surface area contributed by atoms with Gasteiger partial charge in [0.1, 0.15) is 17.2 Å². The molecule has 3 aromatic heterocycles. The van der Waals surface area contributed by atoms with Crippen LogP contribution in [-0.2, 0) is 6.54 Å². The fourth-order valence-corrected chi connectivity index (χ4v) is 4.55. The molecule has 0 aliphatic carbocycles. The molecule has 0 spiro atoms. The molecular weight excluding hydrogens is 368 g/mol. The second-order valence-corrected chi connectivity index (χ2v) is 7.73. The Bertz CT molecular complexity index is 1080. The van der Waals surface area contributed by atoms with Gasteiger partial charge in [-0.1, -0.05) is 6.07 Å². The Labute approximate surface area is 168 Å². The molecule has 7 heteroatoms. The second kappa shape index (κ2) is 6.62. The zero-order valence-electron chi connectivity index (χ0n) is 16.4. The van der Waals surface area contributed by atoms with E-state index in [4.69, 9.17) is 4.42 Å². The van der Waals surface area contributed by atoms with Crippen molar-refractivity contribution in [3.63, 3.8) is 0 Å². The van der Waals surface area contributed by atoms with Crippen LogP contribution in [0.5, 0.6) is 0 Å². The molecule has 1 saturated heterocycles. The summed E-state index contributed by atoms with van der Waals surface area (Å²) in [5.41, 5.74) is 2.09. The van der Waals surface area contributed by atoms with E-state index < -0.39 is 0 Å². The molecule has 5 rings (SSSR count). The van der Waals surface area contributed by atoms with Crippen molar-refractivity contribution in [2.45, 2.75) is 32.5 Å². The number of hydrogen-bond donors (Lipinski definition) is 0. The molecule has 5 heterocycles. The van der Waals surface area contributed by atoms with Gasteiger partial charge in [-0.25, -0.2) is 0 Å². The number of hydrogen-bond acceptors (Lipinski definition) is 4. The zero-order valence-corrected chi connectivity index (χ0v) is 16.4. The number of pyridine rings is 1. The highest BCUT2D eigenvalue weighted by Crippen LogP contribution is 2.35. The van der Waals surface area contributed by atoms with E-state index in [1.165, 1.54) is 0 Å². The van der Waals surface area contributed by atoms with Crippen molar-refractivity contribution in [2.24, 2.45) is 0 Å². The summed E-state index contributed by atoms with van der Waals surface area (Å²) in [7, 11) is 0. The van der Waals surface area contributed by atoms with Crippen LogP contribution in [0.25, 0.3) is 0 Å². The van der Waals surface area contributed by atoms with Crippen LogP contribution in [0.15, 0.2) is 53.2 Å². The fourth-order valence-electron chi connectivity index (χ4n) is 4.55. The van der Waals surface area contributed by atoms with Gasteiger partial charge in [0.05, 0.1) is 29.9 Å². The minimum absolute atomic E-state index is 0.0217. The predicted octanol–water partition coefficient (Wildman–Crippen LogP) is 2.81. The van der Waals surface area contributed by atoms with Gasteiger partial charge in [0.2, 0.25) is 0 Å². The van der Waals surface area contributed by atoms with Gasteiger partial charge >= 0.3 is 0 Å². The van der Waals surface area contributed by atoms with Crippen molar-refractivity contribution >= 4 is 11.8 Å². The van der Waals surface area contributed by atoms with Crippen molar-refractivity contribution in [2.75, 3.05) is 13.1 Å². The third-order valence-corrected chi connectivity index (χ3v) is 5.89. The number of nitrogens with zero attached hydrogens (tertiary/aromatic N) is 4. The van der Waals surface area contributed by atoms with E-state index in [2.05, 4.69) is 4.98 Å². The molecule has 2 aliphatic rings. The standard InChI is InChI=1S/C22H22N4O3/c1-14-10-17(15(2)29-14)21(27)24-12-19-20(13-24)26(11-16-6-3-4-8-23-16)22(28)18-7-5-9-25(18)19/h3-10,19-20H,11-13H2,1-2H3/t19-,20+/m0/s1. The smallest absolute Gasteiger partial charge is 0.271 e. The van der Waals surface area contributed by atoms with Crippen LogP contribution in [0.2, 0.25) is 0 Å². The Morgan fingerprint density at radius 3 is 2.72 bits per heavy atom. The van der Waals surface area contributed by atoms with Crippen molar-refractivity contribution in [1.29, 1.82) is 0 Å². The lowest BCUT2D eigenvalue weighted by atomic mass is 10.1. The summed E-state index contributed by atoms with van der Waals surface area (Å²) in [6.45, 7) is 5.12. The fraction of sp³-hybridized carbons (Fsp3) is 0.318. The summed E-state index contributed by atoms with van der Waals surface area (Å²) < 4.78 is 7.57. The highest BCUT2D eigenvalue weighted by Gasteiger charge is 2.46. The van der Waals surface area contributed by atoms with Crippen molar-refractivity contribution in [3.05, 3.63) is 77.3 Å². The Morgan fingerprint density at radius 1 is 1.17 bits per heavy atom. The van der Waals surface area contributed by atoms with E-state index in [-0.39, 0.29) is 23.9 Å².